The summed E-state index contributed by atoms with van der Waals surface area (Å²) in [5.74, 6) is -0.228. The number of para-hydroxylation sites is 1. The maximum atomic E-state index is 13.4. The number of amides is 1. The van der Waals surface area contributed by atoms with Crippen LogP contribution < -0.4 is 0 Å². The summed E-state index contributed by atoms with van der Waals surface area (Å²) in [5.41, 5.74) is 2.76. The fourth-order valence-electron chi connectivity index (χ4n) is 3.79. The molecule has 0 saturated carbocycles. The fourth-order valence-corrected chi connectivity index (χ4v) is 3.79. The van der Waals surface area contributed by atoms with Crippen LogP contribution in [0.2, 0.25) is 0 Å². The van der Waals surface area contributed by atoms with E-state index in [4.69, 9.17) is 0 Å². The minimum absolute atomic E-state index is 0.00170. The first kappa shape index (κ1) is 17.4. The summed E-state index contributed by atoms with van der Waals surface area (Å²) in [4.78, 5) is 19.1. The van der Waals surface area contributed by atoms with Crippen molar-refractivity contribution in [3.63, 3.8) is 0 Å². The van der Waals surface area contributed by atoms with Gasteiger partial charge in [-0.3, -0.25) is 9.78 Å². The van der Waals surface area contributed by atoms with E-state index < -0.39 is 0 Å². The van der Waals surface area contributed by atoms with Crippen molar-refractivity contribution in [1.82, 2.24) is 9.88 Å². The molecule has 1 unspecified atom stereocenters. The van der Waals surface area contributed by atoms with E-state index in [1.807, 2.05) is 47.4 Å². The van der Waals surface area contributed by atoms with Crippen LogP contribution in [0.3, 0.4) is 0 Å². The highest BCUT2D eigenvalue weighted by Crippen LogP contribution is 2.23. The lowest BCUT2D eigenvalue weighted by Gasteiger charge is -2.23. The smallest absolute Gasteiger partial charge is 0.246 e. The van der Waals surface area contributed by atoms with Gasteiger partial charge < -0.3 is 4.90 Å². The van der Waals surface area contributed by atoms with Crippen LogP contribution in [0.1, 0.15) is 24.0 Å². The van der Waals surface area contributed by atoms with Gasteiger partial charge in [-0.15, -0.1) is 0 Å². The Morgan fingerprint density at radius 1 is 1.19 bits per heavy atom. The molecule has 2 heterocycles. The summed E-state index contributed by atoms with van der Waals surface area (Å²) in [6, 6.07) is 16.6. The predicted molar refractivity (Wildman–Crippen MR) is 106 cm³/mol. The molecule has 3 nitrogen and oxygen atoms in total. The van der Waals surface area contributed by atoms with E-state index in [2.05, 4.69) is 4.98 Å². The Bertz CT molecular complexity index is 993. The van der Waals surface area contributed by atoms with Crippen molar-refractivity contribution in [1.29, 1.82) is 0 Å². The predicted octanol–water partition coefficient (Wildman–Crippen LogP) is 4.62. The number of benzene rings is 2. The van der Waals surface area contributed by atoms with Crippen LogP contribution >= 0.6 is 0 Å². The van der Waals surface area contributed by atoms with Gasteiger partial charge in [0.25, 0.3) is 0 Å². The molecule has 1 amide bonds. The molecule has 27 heavy (non-hydrogen) atoms. The van der Waals surface area contributed by atoms with Gasteiger partial charge in [0.05, 0.1) is 5.52 Å². The highest BCUT2D eigenvalue weighted by Gasteiger charge is 2.27. The molecule has 136 valence electrons. The molecule has 0 N–H and O–H groups in total. The van der Waals surface area contributed by atoms with Gasteiger partial charge in [-0.1, -0.05) is 36.4 Å². The molecule has 3 aromatic rings. The third kappa shape index (κ3) is 3.90. The average Bonchev–Trinajstić information content (AvgIpc) is 3.14. The summed E-state index contributed by atoms with van der Waals surface area (Å²) in [6.45, 7) is 0.747. The molecular formula is C23H21FN2O. The van der Waals surface area contributed by atoms with Crippen molar-refractivity contribution in [2.45, 2.75) is 25.3 Å². The first-order valence-corrected chi connectivity index (χ1v) is 9.27. The van der Waals surface area contributed by atoms with Gasteiger partial charge in [0.2, 0.25) is 5.91 Å². The minimum atomic E-state index is -0.230. The van der Waals surface area contributed by atoms with Crippen molar-refractivity contribution >= 4 is 22.9 Å². The third-order valence-corrected chi connectivity index (χ3v) is 5.09. The monoisotopic (exact) mass is 360 g/mol. The van der Waals surface area contributed by atoms with Crippen LogP contribution in [0.15, 0.2) is 66.9 Å². The number of carbonyl (C=O) groups is 1. The summed E-state index contributed by atoms with van der Waals surface area (Å²) < 4.78 is 13.4. The van der Waals surface area contributed by atoms with Crippen molar-refractivity contribution < 1.29 is 9.18 Å². The number of halogens is 1. The topological polar surface area (TPSA) is 33.2 Å². The molecule has 1 saturated heterocycles. The molecular weight excluding hydrogens is 339 g/mol. The number of likely N-dealkylation sites (tertiary alicyclic amines) is 1. The third-order valence-electron chi connectivity index (χ3n) is 5.09. The van der Waals surface area contributed by atoms with Gasteiger partial charge in [0.15, 0.2) is 0 Å². The van der Waals surface area contributed by atoms with Gasteiger partial charge >= 0.3 is 0 Å². The maximum Gasteiger partial charge on any atom is 0.246 e. The lowest BCUT2D eigenvalue weighted by molar-refractivity contribution is -0.126. The van der Waals surface area contributed by atoms with Crippen molar-refractivity contribution in [3.8, 4) is 0 Å². The van der Waals surface area contributed by atoms with Crippen molar-refractivity contribution in [2.24, 2.45) is 0 Å². The Balaban J connectivity index is 1.50. The van der Waals surface area contributed by atoms with Gasteiger partial charge in [0, 0.05) is 35.8 Å². The van der Waals surface area contributed by atoms with E-state index in [1.165, 1.54) is 6.07 Å². The molecule has 2 aromatic carbocycles. The average molecular weight is 360 g/mol. The molecule has 1 aliphatic rings. The Labute approximate surface area is 158 Å². The van der Waals surface area contributed by atoms with Crippen molar-refractivity contribution in [2.75, 3.05) is 6.54 Å². The number of hydrogen-bond acceptors (Lipinski definition) is 2. The van der Waals surface area contributed by atoms with Crippen LogP contribution in [-0.4, -0.2) is 28.4 Å². The second-order valence-corrected chi connectivity index (χ2v) is 6.92. The number of aromatic nitrogens is 1. The molecule has 1 atom stereocenters. The van der Waals surface area contributed by atoms with E-state index in [9.17, 15) is 9.18 Å². The molecule has 4 heteroatoms. The number of nitrogens with zero attached hydrogens (tertiary/aromatic N) is 2. The zero-order valence-electron chi connectivity index (χ0n) is 15.0. The fraction of sp³-hybridized carbons (Fsp3) is 0.217. The molecule has 1 fully saturated rings. The largest absolute Gasteiger partial charge is 0.336 e. The Morgan fingerprint density at radius 2 is 2.04 bits per heavy atom. The van der Waals surface area contributed by atoms with Crippen LogP contribution in [0, 0.1) is 5.82 Å². The highest BCUT2D eigenvalue weighted by atomic mass is 19.1. The number of rotatable bonds is 4. The molecule has 0 spiro atoms. The highest BCUT2D eigenvalue weighted by molar-refractivity contribution is 5.95. The zero-order chi connectivity index (χ0) is 18.6. The number of carbonyl (C=O) groups excluding carboxylic acids is 1. The van der Waals surface area contributed by atoms with E-state index >= 15 is 0 Å². The summed E-state index contributed by atoms with van der Waals surface area (Å²) in [7, 11) is 0. The molecule has 0 bridgehead atoms. The van der Waals surface area contributed by atoms with E-state index in [0.717, 1.165) is 41.4 Å². The first-order chi connectivity index (χ1) is 13.2. The number of hydrogen-bond donors (Lipinski definition) is 0. The summed E-state index contributed by atoms with van der Waals surface area (Å²) in [6.07, 6.45) is 7.86. The van der Waals surface area contributed by atoms with Gasteiger partial charge in [0.1, 0.15) is 5.82 Å². The van der Waals surface area contributed by atoms with Crippen LogP contribution in [-0.2, 0) is 11.2 Å². The van der Waals surface area contributed by atoms with Crippen LogP contribution in [0.4, 0.5) is 4.39 Å². The quantitative estimate of drug-likeness (QED) is 0.636. The molecule has 0 aliphatic carbocycles. The lowest BCUT2D eigenvalue weighted by atomic mass is 10.0. The molecule has 1 aromatic heterocycles. The SMILES string of the molecule is O=C(/C=C/c1cccc2cccnc12)N1CCCC1Cc1cccc(F)c1. The van der Waals surface area contributed by atoms with Crippen molar-refractivity contribution in [3.05, 3.63) is 83.8 Å². The molecule has 1 aliphatic heterocycles. The first-order valence-electron chi connectivity index (χ1n) is 9.27. The second-order valence-electron chi connectivity index (χ2n) is 6.92. The summed E-state index contributed by atoms with van der Waals surface area (Å²) >= 11 is 0. The van der Waals surface area contributed by atoms with Crippen LogP contribution in [0.5, 0.6) is 0 Å². The van der Waals surface area contributed by atoms with E-state index in [-0.39, 0.29) is 17.8 Å². The zero-order valence-corrected chi connectivity index (χ0v) is 15.0. The number of fused-ring (bicyclic) bond motifs is 1. The normalized spacial score (nSPS) is 17.1. The van der Waals surface area contributed by atoms with Gasteiger partial charge in [-0.2, -0.15) is 0 Å². The standard InChI is InChI=1S/C23H21FN2O/c24-20-9-1-5-17(15-20)16-21-10-4-14-26(21)22(27)12-11-19-7-2-6-18-8-3-13-25-23(18)19/h1-3,5-9,11-13,15,21H,4,10,14,16H2/b12-11+. The van der Waals surface area contributed by atoms with E-state index in [1.54, 1.807) is 24.4 Å². The Morgan fingerprint density at radius 3 is 2.93 bits per heavy atom. The Kier molecular flexibility index (Phi) is 4.97. The lowest BCUT2D eigenvalue weighted by Crippen LogP contribution is -2.35. The maximum absolute atomic E-state index is 13.4. The number of pyridine rings is 1. The van der Waals surface area contributed by atoms with Gasteiger partial charge in [-0.25, -0.2) is 4.39 Å². The molecule has 4 rings (SSSR count). The van der Waals surface area contributed by atoms with Gasteiger partial charge in [-0.05, 0) is 49.1 Å². The second kappa shape index (κ2) is 7.70. The Hall–Kier alpha value is -3.01. The van der Waals surface area contributed by atoms with E-state index in [0.29, 0.717) is 6.42 Å². The van der Waals surface area contributed by atoms with Crippen LogP contribution in [0.25, 0.3) is 17.0 Å². The summed E-state index contributed by atoms with van der Waals surface area (Å²) in [5, 5.41) is 1.05. The minimum Gasteiger partial charge on any atom is -0.336 e. The molecule has 0 radical (unpaired) electrons.